The summed E-state index contributed by atoms with van der Waals surface area (Å²) in [4.78, 5) is 23.8. The molecule has 5 heteroatoms. The number of nitrogens with one attached hydrogen (secondary N) is 1. The zero-order chi connectivity index (χ0) is 16.7. The summed E-state index contributed by atoms with van der Waals surface area (Å²) in [5.74, 6) is -0.992. The van der Waals surface area contributed by atoms with Crippen LogP contribution in [0.4, 0.5) is 0 Å². The van der Waals surface area contributed by atoms with Crippen molar-refractivity contribution in [2.75, 3.05) is 0 Å². The molecular weight excluding hydrogens is 292 g/mol. The lowest BCUT2D eigenvalue weighted by atomic mass is 10.1. The number of rotatable bonds is 7. The summed E-state index contributed by atoms with van der Waals surface area (Å²) in [6.07, 6.45) is -0.694. The van der Waals surface area contributed by atoms with Crippen molar-refractivity contribution in [2.45, 2.75) is 25.7 Å². The SMILES string of the molecule is C[C@@H](OCc1ccccc1)C(=O)N[C@H](C(N)=O)c1ccccc1. The molecule has 0 aliphatic rings. The summed E-state index contributed by atoms with van der Waals surface area (Å²) in [6.45, 7) is 1.96. The van der Waals surface area contributed by atoms with Gasteiger partial charge >= 0.3 is 0 Å². The molecule has 0 aliphatic carbocycles. The molecule has 2 amide bonds. The molecule has 0 saturated carbocycles. The van der Waals surface area contributed by atoms with Crippen LogP contribution in [0.25, 0.3) is 0 Å². The Kier molecular flexibility index (Phi) is 5.88. The second-order valence-electron chi connectivity index (χ2n) is 5.19. The molecule has 2 atom stereocenters. The Balaban J connectivity index is 1.94. The van der Waals surface area contributed by atoms with E-state index in [-0.39, 0.29) is 5.91 Å². The first-order valence-electron chi connectivity index (χ1n) is 7.38. The van der Waals surface area contributed by atoms with Crippen molar-refractivity contribution in [3.05, 3.63) is 71.8 Å². The van der Waals surface area contributed by atoms with Gasteiger partial charge in [0.1, 0.15) is 12.1 Å². The number of carbonyl (C=O) groups excluding carboxylic acids is 2. The van der Waals surface area contributed by atoms with Crippen LogP contribution in [0.15, 0.2) is 60.7 Å². The molecule has 0 aliphatic heterocycles. The van der Waals surface area contributed by atoms with Crippen LogP contribution in [0.2, 0.25) is 0 Å². The third-order valence-corrected chi connectivity index (χ3v) is 3.42. The molecule has 120 valence electrons. The van der Waals surface area contributed by atoms with Gasteiger partial charge in [0.25, 0.3) is 0 Å². The third-order valence-electron chi connectivity index (χ3n) is 3.42. The largest absolute Gasteiger partial charge is 0.368 e. The van der Waals surface area contributed by atoms with Gasteiger partial charge in [-0.25, -0.2) is 0 Å². The van der Waals surface area contributed by atoms with E-state index in [1.54, 1.807) is 31.2 Å². The van der Waals surface area contributed by atoms with Gasteiger partial charge in [-0.2, -0.15) is 0 Å². The van der Waals surface area contributed by atoms with Crippen LogP contribution in [0.3, 0.4) is 0 Å². The third kappa shape index (κ3) is 4.93. The van der Waals surface area contributed by atoms with Gasteiger partial charge in [0, 0.05) is 0 Å². The van der Waals surface area contributed by atoms with Crippen molar-refractivity contribution in [1.29, 1.82) is 0 Å². The molecule has 2 rings (SSSR count). The van der Waals surface area contributed by atoms with E-state index in [4.69, 9.17) is 10.5 Å². The Bertz CT molecular complexity index is 644. The Morgan fingerprint density at radius 3 is 2.17 bits per heavy atom. The highest BCUT2D eigenvalue weighted by molar-refractivity contribution is 5.89. The summed E-state index contributed by atoms with van der Waals surface area (Å²) in [6, 6.07) is 17.6. The molecule has 0 bridgehead atoms. The fourth-order valence-electron chi connectivity index (χ4n) is 2.09. The minimum Gasteiger partial charge on any atom is -0.368 e. The summed E-state index contributed by atoms with van der Waals surface area (Å²) in [7, 11) is 0. The van der Waals surface area contributed by atoms with E-state index >= 15 is 0 Å². The molecular formula is C18H20N2O3. The van der Waals surface area contributed by atoms with Gasteiger partial charge < -0.3 is 15.8 Å². The van der Waals surface area contributed by atoms with Crippen molar-refractivity contribution >= 4 is 11.8 Å². The van der Waals surface area contributed by atoms with Crippen LogP contribution in [-0.2, 0) is 20.9 Å². The van der Waals surface area contributed by atoms with Crippen molar-refractivity contribution in [1.82, 2.24) is 5.32 Å². The van der Waals surface area contributed by atoms with E-state index in [0.29, 0.717) is 12.2 Å². The zero-order valence-electron chi connectivity index (χ0n) is 12.9. The molecule has 0 radical (unpaired) electrons. The highest BCUT2D eigenvalue weighted by atomic mass is 16.5. The number of benzene rings is 2. The first-order valence-corrected chi connectivity index (χ1v) is 7.38. The van der Waals surface area contributed by atoms with Gasteiger partial charge in [-0.05, 0) is 18.1 Å². The number of hydrogen-bond acceptors (Lipinski definition) is 3. The van der Waals surface area contributed by atoms with Gasteiger partial charge in [0.15, 0.2) is 0 Å². The van der Waals surface area contributed by atoms with Gasteiger partial charge in [-0.1, -0.05) is 60.7 Å². The molecule has 0 fully saturated rings. The van der Waals surface area contributed by atoms with Gasteiger partial charge in [0.2, 0.25) is 11.8 Å². The number of ether oxygens (including phenoxy) is 1. The second-order valence-corrected chi connectivity index (χ2v) is 5.19. The average Bonchev–Trinajstić information content (AvgIpc) is 2.58. The minimum absolute atomic E-state index is 0.321. The molecule has 0 saturated heterocycles. The lowest BCUT2D eigenvalue weighted by molar-refractivity contribution is -0.135. The number of nitrogens with two attached hydrogens (primary N) is 1. The van der Waals surface area contributed by atoms with E-state index in [2.05, 4.69) is 5.32 Å². The molecule has 0 spiro atoms. The number of primary amides is 1. The van der Waals surface area contributed by atoms with Gasteiger partial charge in [0.05, 0.1) is 6.61 Å². The molecule has 0 aromatic heterocycles. The summed E-state index contributed by atoms with van der Waals surface area (Å²) in [5, 5.41) is 2.63. The molecule has 2 aromatic carbocycles. The van der Waals surface area contributed by atoms with Crippen LogP contribution >= 0.6 is 0 Å². The maximum Gasteiger partial charge on any atom is 0.249 e. The fraction of sp³-hybridized carbons (Fsp3) is 0.222. The standard InChI is InChI=1S/C18H20N2O3/c1-13(23-12-14-8-4-2-5-9-14)18(22)20-16(17(19)21)15-10-6-3-7-11-15/h2-11,13,16H,12H2,1H3,(H2,19,21)(H,20,22)/t13-,16+/m1/s1. The summed E-state index contributed by atoms with van der Waals surface area (Å²) in [5.41, 5.74) is 7.00. The number of carbonyl (C=O) groups is 2. The Morgan fingerprint density at radius 1 is 1.04 bits per heavy atom. The molecule has 2 aromatic rings. The summed E-state index contributed by atoms with van der Waals surface area (Å²) >= 11 is 0. The van der Waals surface area contributed by atoms with Crippen LogP contribution in [0.5, 0.6) is 0 Å². The smallest absolute Gasteiger partial charge is 0.249 e. The van der Waals surface area contributed by atoms with Crippen molar-refractivity contribution < 1.29 is 14.3 Å². The predicted octanol–water partition coefficient (Wildman–Crippen LogP) is 1.93. The lowest BCUT2D eigenvalue weighted by Gasteiger charge is -2.19. The fourth-order valence-corrected chi connectivity index (χ4v) is 2.09. The highest BCUT2D eigenvalue weighted by Crippen LogP contribution is 2.12. The Labute approximate surface area is 135 Å². The lowest BCUT2D eigenvalue weighted by Crippen LogP contribution is -2.42. The van der Waals surface area contributed by atoms with Gasteiger partial charge in [-0.3, -0.25) is 9.59 Å². The predicted molar refractivity (Wildman–Crippen MR) is 87.2 cm³/mol. The Morgan fingerprint density at radius 2 is 1.61 bits per heavy atom. The molecule has 0 heterocycles. The van der Waals surface area contributed by atoms with Crippen LogP contribution in [-0.4, -0.2) is 17.9 Å². The maximum atomic E-state index is 12.2. The Hall–Kier alpha value is -2.66. The van der Waals surface area contributed by atoms with E-state index in [0.717, 1.165) is 5.56 Å². The zero-order valence-corrected chi connectivity index (χ0v) is 12.9. The van der Waals surface area contributed by atoms with Crippen molar-refractivity contribution in [3.63, 3.8) is 0 Å². The topological polar surface area (TPSA) is 81.4 Å². The minimum atomic E-state index is -0.869. The molecule has 0 unspecified atom stereocenters. The first-order chi connectivity index (χ1) is 11.1. The van der Waals surface area contributed by atoms with Crippen molar-refractivity contribution in [3.8, 4) is 0 Å². The average molecular weight is 312 g/mol. The van der Waals surface area contributed by atoms with E-state index in [1.165, 1.54) is 0 Å². The van der Waals surface area contributed by atoms with Crippen LogP contribution < -0.4 is 11.1 Å². The summed E-state index contributed by atoms with van der Waals surface area (Å²) < 4.78 is 5.54. The molecule has 3 N–H and O–H groups in total. The van der Waals surface area contributed by atoms with Gasteiger partial charge in [-0.15, -0.1) is 0 Å². The monoisotopic (exact) mass is 312 g/mol. The van der Waals surface area contributed by atoms with E-state index in [9.17, 15) is 9.59 Å². The van der Waals surface area contributed by atoms with Crippen LogP contribution in [0.1, 0.15) is 24.1 Å². The quantitative estimate of drug-likeness (QED) is 0.819. The van der Waals surface area contributed by atoms with Crippen molar-refractivity contribution in [2.24, 2.45) is 5.73 Å². The molecule has 5 nitrogen and oxygen atoms in total. The first kappa shape index (κ1) is 16.7. The highest BCUT2D eigenvalue weighted by Gasteiger charge is 2.23. The number of amides is 2. The maximum absolute atomic E-state index is 12.2. The van der Waals surface area contributed by atoms with E-state index in [1.807, 2.05) is 36.4 Å². The van der Waals surface area contributed by atoms with E-state index < -0.39 is 18.1 Å². The van der Waals surface area contributed by atoms with Crippen LogP contribution in [0, 0.1) is 0 Å². The second kappa shape index (κ2) is 8.10. The number of hydrogen-bond donors (Lipinski definition) is 2. The normalized spacial score (nSPS) is 13.1. The molecule has 23 heavy (non-hydrogen) atoms.